The van der Waals surface area contributed by atoms with Crippen molar-refractivity contribution in [3.63, 3.8) is 0 Å². The molecule has 0 amide bonds. The Morgan fingerprint density at radius 2 is 2.06 bits per heavy atom. The lowest BCUT2D eigenvalue weighted by Crippen LogP contribution is -2.01. The van der Waals surface area contributed by atoms with Gasteiger partial charge in [-0.2, -0.15) is 0 Å². The number of ether oxygens (including phenoxy) is 1. The zero-order valence-corrected chi connectivity index (χ0v) is 9.14. The van der Waals surface area contributed by atoms with E-state index in [9.17, 15) is 0 Å². The molecule has 0 spiro atoms. The van der Waals surface area contributed by atoms with Gasteiger partial charge in [0.15, 0.2) is 0 Å². The number of hydrogen-bond acceptors (Lipinski definition) is 4. The van der Waals surface area contributed by atoms with Crippen LogP contribution in [0, 0.1) is 0 Å². The summed E-state index contributed by atoms with van der Waals surface area (Å²) in [5.41, 5.74) is 7.27. The van der Waals surface area contributed by atoms with Crippen molar-refractivity contribution in [2.45, 2.75) is 6.42 Å². The van der Waals surface area contributed by atoms with Gasteiger partial charge in [-0.05, 0) is 30.8 Å². The van der Waals surface area contributed by atoms with Crippen LogP contribution in [0.5, 0.6) is 5.75 Å². The minimum Gasteiger partial charge on any atom is -0.497 e. The van der Waals surface area contributed by atoms with Crippen LogP contribution in [0.1, 0.15) is 5.76 Å². The molecule has 4 heteroatoms. The molecule has 1 aromatic heterocycles. The molecule has 0 saturated carbocycles. The molecule has 2 aromatic rings. The second-order valence-electron chi connectivity index (χ2n) is 3.45. The summed E-state index contributed by atoms with van der Waals surface area (Å²) in [4.78, 5) is 0. The van der Waals surface area contributed by atoms with Crippen LogP contribution in [0.2, 0.25) is 0 Å². The fraction of sp³-hybridized carbons (Fsp3) is 0.250. The molecule has 16 heavy (non-hydrogen) atoms. The molecule has 0 radical (unpaired) electrons. The van der Waals surface area contributed by atoms with Crippen molar-refractivity contribution in [3.8, 4) is 17.0 Å². The SMILES string of the molecule is COc1ccc(-c2cc(CCN)on2)cc1. The zero-order valence-electron chi connectivity index (χ0n) is 9.14. The average Bonchev–Trinajstić information content (AvgIpc) is 2.78. The maximum atomic E-state index is 5.44. The van der Waals surface area contributed by atoms with Crippen LogP contribution in [-0.2, 0) is 6.42 Å². The van der Waals surface area contributed by atoms with E-state index in [2.05, 4.69) is 5.16 Å². The molecule has 0 aliphatic rings. The van der Waals surface area contributed by atoms with Crippen LogP contribution < -0.4 is 10.5 Å². The summed E-state index contributed by atoms with van der Waals surface area (Å²) in [5, 5.41) is 3.99. The van der Waals surface area contributed by atoms with Crippen molar-refractivity contribution in [2.75, 3.05) is 13.7 Å². The molecule has 1 heterocycles. The quantitative estimate of drug-likeness (QED) is 0.850. The summed E-state index contributed by atoms with van der Waals surface area (Å²) in [6.45, 7) is 0.567. The number of methoxy groups -OCH3 is 1. The zero-order chi connectivity index (χ0) is 11.4. The maximum absolute atomic E-state index is 5.44. The Bertz CT molecular complexity index is 448. The van der Waals surface area contributed by atoms with Crippen LogP contribution in [-0.4, -0.2) is 18.8 Å². The van der Waals surface area contributed by atoms with Crippen molar-refractivity contribution < 1.29 is 9.26 Å². The predicted molar refractivity (Wildman–Crippen MR) is 61.2 cm³/mol. The highest BCUT2D eigenvalue weighted by molar-refractivity contribution is 5.59. The minimum absolute atomic E-state index is 0.567. The van der Waals surface area contributed by atoms with E-state index in [4.69, 9.17) is 15.0 Å². The van der Waals surface area contributed by atoms with Crippen LogP contribution in [0.4, 0.5) is 0 Å². The first-order chi connectivity index (χ1) is 7.83. The molecule has 2 rings (SSSR count). The number of nitrogens with zero attached hydrogens (tertiary/aromatic N) is 1. The number of benzene rings is 1. The van der Waals surface area contributed by atoms with Gasteiger partial charge >= 0.3 is 0 Å². The lowest BCUT2D eigenvalue weighted by Gasteiger charge is -1.99. The molecule has 0 aliphatic heterocycles. The van der Waals surface area contributed by atoms with E-state index in [-0.39, 0.29) is 0 Å². The van der Waals surface area contributed by atoms with E-state index >= 15 is 0 Å². The third-order valence-corrected chi connectivity index (χ3v) is 2.34. The molecule has 4 nitrogen and oxygen atoms in total. The van der Waals surface area contributed by atoms with Gasteiger partial charge in [0.2, 0.25) is 0 Å². The molecule has 0 fully saturated rings. The van der Waals surface area contributed by atoms with Gasteiger partial charge in [-0.1, -0.05) is 5.16 Å². The third kappa shape index (κ3) is 2.23. The standard InChI is InChI=1S/C12H14N2O2/c1-15-10-4-2-9(3-5-10)12-8-11(6-7-13)16-14-12/h2-5,8H,6-7,13H2,1H3. The summed E-state index contributed by atoms with van der Waals surface area (Å²) in [5.74, 6) is 1.64. The van der Waals surface area contributed by atoms with Crippen molar-refractivity contribution in [2.24, 2.45) is 5.73 Å². The van der Waals surface area contributed by atoms with Gasteiger partial charge in [0.25, 0.3) is 0 Å². The molecule has 1 aromatic carbocycles. The van der Waals surface area contributed by atoms with Crippen molar-refractivity contribution in [1.82, 2.24) is 5.16 Å². The molecule has 0 saturated heterocycles. The second-order valence-corrected chi connectivity index (χ2v) is 3.45. The van der Waals surface area contributed by atoms with E-state index in [1.165, 1.54) is 0 Å². The Kier molecular flexibility index (Phi) is 3.22. The third-order valence-electron chi connectivity index (χ3n) is 2.34. The summed E-state index contributed by atoms with van der Waals surface area (Å²) < 4.78 is 10.2. The van der Waals surface area contributed by atoms with Gasteiger partial charge in [0.1, 0.15) is 17.2 Å². The molecular formula is C12H14N2O2. The summed E-state index contributed by atoms with van der Waals surface area (Å²) in [7, 11) is 1.64. The molecular weight excluding hydrogens is 204 g/mol. The fourth-order valence-corrected chi connectivity index (χ4v) is 1.47. The highest BCUT2D eigenvalue weighted by Gasteiger charge is 2.05. The topological polar surface area (TPSA) is 61.3 Å². The van der Waals surface area contributed by atoms with Crippen molar-refractivity contribution in [3.05, 3.63) is 36.1 Å². The lowest BCUT2D eigenvalue weighted by molar-refractivity contribution is 0.386. The minimum atomic E-state index is 0.567. The fourth-order valence-electron chi connectivity index (χ4n) is 1.47. The summed E-state index contributed by atoms with van der Waals surface area (Å²) >= 11 is 0. The molecule has 2 N–H and O–H groups in total. The van der Waals surface area contributed by atoms with E-state index < -0.39 is 0 Å². The second kappa shape index (κ2) is 4.81. The Morgan fingerprint density at radius 3 is 2.69 bits per heavy atom. The lowest BCUT2D eigenvalue weighted by atomic mass is 10.1. The molecule has 0 aliphatic carbocycles. The highest BCUT2D eigenvalue weighted by atomic mass is 16.5. The first-order valence-electron chi connectivity index (χ1n) is 5.13. The van der Waals surface area contributed by atoms with Crippen molar-refractivity contribution >= 4 is 0 Å². The predicted octanol–water partition coefficient (Wildman–Crippen LogP) is 1.85. The Balaban J connectivity index is 2.21. The number of nitrogens with two attached hydrogens (primary N) is 1. The normalized spacial score (nSPS) is 10.4. The Hall–Kier alpha value is -1.81. The average molecular weight is 218 g/mol. The van der Waals surface area contributed by atoms with E-state index in [0.717, 1.165) is 22.8 Å². The van der Waals surface area contributed by atoms with Gasteiger partial charge in [0.05, 0.1) is 7.11 Å². The molecule has 0 bridgehead atoms. The van der Waals surface area contributed by atoms with Crippen LogP contribution in [0.3, 0.4) is 0 Å². The Morgan fingerprint density at radius 1 is 1.31 bits per heavy atom. The summed E-state index contributed by atoms with van der Waals surface area (Å²) in [6.07, 6.45) is 0.711. The van der Waals surface area contributed by atoms with Gasteiger partial charge in [-0.25, -0.2) is 0 Å². The van der Waals surface area contributed by atoms with Gasteiger partial charge in [-0.15, -0.1) is 0 Å². The van der Waals surface area contributed by atoms with Crippen LogP contribution >= 0.6 is 0 Å². The van der Waals surface area contributed by atoms with E-state index in [0.29, 0.717) is 13.0 Å². The maximum Gasteiger partial charge on any atom is 0.138 e. The van der Waals surface area contributed by atoms with Crippen molar-refractivity contribution in [1.29, 1.82) is 0 Å². The smallest absolute Gasteiger partial charge is 0.138 e. The highest BCUT2D eigenvalue weighted by Crippen LogP contribution is 2.22. The summed E-state index contributed by atoms with van der Waals surface area (Å²) in [6, 6.07) is 9.60. The van der Waals surface area contributed by atoms with Crippen LogP contribution in [0.25, 0.3) is 11.3 Å². The number of hydrogen-bond donors (Lipinski definition) is 1. The van der Waals surface area contributed by atoms with E-state index in [1.807, 2.05) is 30.3 Å². The van der Waals surface area contributed by atoms with E-state index in [1.54, 1.807) is 7.11 Å². The van der Waals surface area contributed by atoms with Gasteiger partial charge in [0, 0.05) is 18.1 Å². The largest absolute Gasteiger partial charge is 0.497 e. The van der Waals surface area contributed by atoms with Gasteiger partial charge < -0.3 is 15.0 Å². The molecule has 0 atom stereocenters. The monoisotopic (exact) mass is 218 g/mol. The number of rotatable bonds is 4. The molecule has 84 valence electrons. The molecule has 0 unspecified atom stereocenters. The Labute approximate surface area is 94.0 Å². The van der Waals surface area contributed by atoms with Crippen LogP contribution in [0.15, 0.2) is 34.9 Å². The first kappa shape index (κ1) is 10.7. The van der Waals surface area contributed by atoms with Gasteiger partial charge in [-0.3, -0.25) is 0 Å². The first-order valence-corrected chi connectivity index (χ1v) is 5.13. The number of aromatic nitrogens is 1.